The van der Waals surface area contributed by atoms with E-state index in [0.717, 1.165) is 0 Å². The first-order chi connectivity index (χ1) is 10.1. The van der Waals surface area contributed by atoms with Crippen LogP contribution in [0.5, 0.6) is 0 Å². The summed E-state index contributed by atoms with van der Waals surface area (Å²) < 4.78 is 13.9. The minimum Gasteiger partial charge on any atom is -0.323 e. The van der Waals surface area contributed by atoms with Gasteiger partial charge in [-0.2, -0.15) is 0 Å². The molecule has 106 valence electrons. The summed E-state index contributed by atoms with van der Waals surface area (Å²) in [4.78, 5) is 26.0. The van der Waals surface area contributed by atoms with Crippen molar-refractivity contribution < 1.29 is 14.0 Å². The van der Waals surface area contributed by atoms with Gasteiger partial charge in [-0.25, -0.2) is 4.39 Å². The molecule has 0 saturated heterocycles. The second kappa shape index (κ2) is 5.21. The van der Waals surface area contributed by atoms with Crippen molar-refractivity contribution in [2.45, 2.75) is 4.90 Å². The number of nitrogens with zero attached hydrogens (tertiary/aromatic N) is 1. The lowest BCUT2D eigenvalue weighted by Crippen LogP contribution is -2.42. The maximum Gasteiger partial charge on any atom is 0.261 e. The van der Waals surface area contributed by atoms with Crippen LogP contribution < -0.4 is 10.2 Å². The number of nitrogens with one attached hydrogen (secondary N) is 1. The van der Waals surface area contributed by atoms with Crippen LogP contribution in [0.2, 0.25) is 0 Å². The molecule has 0 bridgehead atoms. The average molecular weight is 302 g/mol. The topological polar surface area (TPSA) is 49.4 Å². The number of benzene rings is 2. The first kappa shape index (κ1) is 13.6. The number of halogens is 1. The van der Waals surface area contributed by atoms with Crippen LogP contribution in [0.25, 0.3) is 0 Å². The number of rotatable bonds is 1. The molecule has 0 saturated carbocycles. The molecular formula is C15H11FN2O2S. The van der Waals surface area contributed by atoms with Gasteiger partial charge in [0.25, 0.3) is 5.91 Å². The van der Waals surface area contributed by atoms with Gasteiger partial charge in [0, 0.05) is 4.90 Å². The summed E-state index contributed by atoms with van der Waals surface area (Å²) >= 11 is 4.12. The van der Waals surface area contributed by atoms with Crippen molar-refractivity contribution in [3.05, 3.63) is 53.8 Å². The first-order valence-electron chi connectivity index (χ1n) is 6.25. The highest BCUT2D eigenvalue weighted by atomic mass is 32.1. The number of fused-ring (bicyclic) bond motifs is 1. The molecular weight excluding hydrogens is 291 g/mol. The van der Waals surface area contributed by atoms with Gasteiger partial charge in [-0.15, -0.1) is 12.6 Å². The number of hydrogen-bond donors (Lipinski definition) is 2. The summed E-state index contributed by atoms with van der Waals surface area (Å²) in [6.45, 7) is -0.147. The van der Waals surface area contributed by atoms with Gasteiger partial charge in [-0.05, 0) is 30.3 Å². The van der Waals surface area contributed by atoms with Crippen molar-refractivity contribution in [1.29, 1.82) is 0 Å². The van der Waals surface area contributed by atoms with Gasteiger partial charge in [0.05, 0.1) is 16.9 Å². The van der Waals surface area contributed by atoms with Crippen LogP contribution in [0.3, 0.4) is 0 Å². The van der Waals surface area contributed by atoms with Gasteiger partial charge in [0.1, 0.15) is 12.4 Å². The quantitative estimate of drug-likeness (QED) is 0.796. The molecule has 2 aromatic rings. The van der Waals surface area contributed by atoms with Gasteiger partial charge in [-0.3, -0.25) is 14.5 Å². The molecule has 1 aliphatic heterocycles. The lowest BCUT2D eigenvalue weighted by Gasteiger charge is -2.29. The summed E-state index contributed by atoms with van der Waals surface area (Å²) in [5.74, 6) is -1.52. The van der Waals surface area contributed by atoms with E-state index < -0.39 is 11.7 Å². The van der Waals surface area contributed by atoms with Gasteiger partial charge in [0.15, 0.2) is 0 Å². The summed E-state index contributed by atoms with van der Waals surface area (Å²) in [6.07, 6.45) is 0. The van der Waals surface area contributed by atoms with Gasteiger partial charge in [-0.1, -0.05) is 12.1 Å². The molecule has 1 aliphatic rings. The van der Waals surface area contributed by atoms with Crippen molar-refractivity contribution in [1.82, 2.24) is 0 Å². The minimum atomic E-state index is -0.638. The zero-order valence-electron chi connectivity index (χ0n) is 10.8. The Morgan fingerprint density at radius 2 is 2.00 bits per heavy atom. The van der Waals surface area contributed by atoms with Crippen LogP contribution in [-0.2, 0) is 4.79 Å². The van der Waals surface area contributed by atoms with E-state index in [1.807, 2.05) is 0 Å². The third-order valence-corrected chi connectivity index (χ3v) is 3.47. The molecule has 1 N–H and O–H groups in total. The highest BCUT2D eigenvalue weighted by Gasteiger charge is 2.28. The second-order valence-electron chi connectivity index (χ2n) is 4.62. The standard InChI is InChI=1S/C15H11FN2O2S/c16-11-6-5-9(21)7-10(11)15(20)18-8-14(19)17-12-3-1-2-4-13(12)18/h1-7,21H,8H2,(H,17,19). The molecule has 2 amide bonds. The predicted molar refractivity (Wildman–Crippen MR) is 80.4 cm³/mol. The van der Waals surface area contributed by atoms with Crippen LogP contribution in [0.15, 0.2) is 47.4 Å². The van der Waals surface area contributed by atoms with E-state index in [-0.39, 0.29) is 18.0 Å². The van der Waals surface area contributed by atoms with E-state index in [1.54, 1.807) is 24.3 Å². The van der Waals surface area contributed by atoms with Crippen LogP contribution in [-0.4, -0.2) is 18.4 Å². The number of hydrogen-bond acceptors (Lipinski definition) is 3. The Hall–Kier alpha value is -2.34. The van der Waals surface area contributed by atoms with Crippen LogP contribution in [0.1, 0.15) is 10.4 Å². The summed E-state index contributed by atoms with van der Waals surface area (Å²) in [6, 6.07) is 10.9. The summed E-state index contributed by atoms with van der Waals surface area (Å²) in [5.41, 5.74) is 0.975. The Balaban J connectivity index is 2.06. The molecule has 21 heavy (non-hydrogen) atoms. The number of thiol groups is 1. The molecule has 1 heterocycles. The first-order valence-corrected chi connectivity index (χ1v) is 6.70. The third kappa shape index (κ3) is 2.50. The number of anilines is 2. The van der Waals surface area contributed by atoms with Crippen LogP contribution in [0, 0.1) is 5.82 Å². The highest BCUT2D eigenvalue weighted by Crippen LogP contribution is 2.30. The summed E-state index contributed by atoms with van der Waals surface area (Å²) in [7, 11) is 0. The molecule has 0 aliphatic carbocycles. The Morgan fingerprint density at radius 1 is 1.24 bits per heavy atom. The molecule has 0 unspecified atom stereocenters. The molecule has 0 spiro atoms. The van der Waals surface area contributed by atoms with Crippen LogP contribution >= 0.6 is 12.6 Å². The minimum absolute atomic E-state index is 0.105. The number of carbonyl (C=O) groups is 2. The smallest absolute Gasteiger partial charge is 0.261 e. The maximum atomic E-state index is 13.9. The molecule has 0 atom stereocenters. The van der Waals surface area contributed by atoms with Gasteiger partial charge < -0.3 is 5.32 Å². The zero-order chi connectivity index (χ0) is 15.0. The molecule has 3 rings (SSSR count). The fourth-order valence-electron chi connectivity index (χ4n) is 2.24. The SMILES string of the molecule is O=C1CN(C(=O)c2cc(S)ccc2F)c2ccccc2N1. The van der Waals surface area contributed by atoms with E-state index in [2.05, 4.69) is 17.9 Å². The Bertz CT molecular complexity index is 748. The molecule has 2 aromatic carbocycles. The van der Waals surface area contributed by atoms with E-state index >= 15 is 0 Å². The Labute approximate surface area is 126 Å². The zero-order valence-corrected chi connectivity index (χ0v) is 11.7. The lowest BCUT2D eigenvalue weighted by atomic mass is 10.1. The Morgan fingerprint density at radius 3 is 2.81 bits per heavy atom. The molecule has 0 radical (unpaired) electrons. The molecule has 0 aromatic heterocycles. The van der Waals surface area contributed by atoms with Gasteiger partial charge in [0.2, 0.25) is 5.91 Å². The van der Waals surface area contributed by atoms with Crippen molar-refractivity contribution >= 4 is 35.8 Å². The highest BCUT2D eigenvalue weighted by molar-refractivity contribution is 7.80. The van der Waals surface area contributed by atoms with Crippen molar-refractivity contribution in [2.24, 2.45) is 0 Å². The molecule has 0 fully saturated rings. The third-order valence-electron chi connectivity index (χ3n) is 3.20. The number of amides is 2. The van der Waals surface area contributed by atoms with E-state index in [1.165, 1.54) is 23.1 Å². The predicted octanol–water partition coefficient (Wildman–Crippen LogP) is 2.71. The van der Waals surface area contributed by atoms with Gasteiger partial charge >= 0.3 is 0 Å². The molecule has 4 nitrogen and oxygen atoms in total. The van der Waals surface area contributed by atoms with E-state index in [9.17, 15) is 14.0 Å². The largest absolute Gasteiger partial charge is 0.323 e. The fourth-order valence-corrected chi connectivity index (χ4v) is 2.44. The monoisotopic (exact) mass is 302 g/mol. The Kier molecular flexibility index (Phi) is 3.39. The average Bonchev–Trinajstić information content (AvgIpc) is 2.48. The number of para-hydroxylation sites is 2. The second-order valence-corrected chi connectivity index (χ2v) is 5.14. The van der Waals surface area contributed by atoms with Crippen molar-refractivity contribution in [3.8, 4) is 0 Å². The maximum absolute atomic E-state index is 13.9. The normalized spacial score (nSPS) is 13.6. The van der Waals surface area contributed by atoms with Crippen molar-refractivity contribution in [2.75, 3.05) is 16.8 Å². The van der Waals surface area contributed by atoms with E-state index in [4.69, 9.17) is 0 Å². The van der Waals surface area contributed by atoms with Crippen molar-refractivity contribution in [3.63, 3.8) is 0 Å². The lowest BCUT2D eigenvalue weighted by molar-refractivity contribution is -0.115. The summed E-state index contributed by atoms with van der Waals surface area (Å²) in [5, 5.41) is 2.68. The molecule has 6 heteroatoms. The number of carbonyl (C=O) groups excluding carboxylic acids is 2. The van der Waals surface area contributed by atoms with E-state index in [0.29, 0.717) is 16.3 Å². The fraction of sp³-hybridized carbons (Fsp3) is 0.0667. The van der Waals surface area contributed by atoms with Crippen LogP contribution in [0.4, 0.5) is 15.8 Å².